The van der Waals surface area contributed by atoms with Crippen molar-refractivity contribution < 1.29 is 0 Å². The molecule has 0 aliphatic carbocycles. The van der Waals surface area contributed by atoms with Gasteiger partial charge in [-0.2, -0.15) is 5.26 Å². The van der Waals surface area contributed by atoms with Gasteiger partial charge in [0.25, 0.3) is 0 Å². The predicted octanol–water partition coefficient (Wildman–Crippen LogP) is 1.97. The van der Waals surface area contributed by atoms with Gasteiger partial charge >= 0.3 is 0 Å². The van der Waals surface area contributed by atoms with Gasteiger partial charge in [0.2, 0.25) is 0 Å². The maximum atomic E-state index is 8.11. The van der Waals surface area contributed by atoms with Crippen LogP contribution in [0, 0.1) is 17.2 Å². The molecule has 0 aromatic carbocycles. The summed E-state index contributed by atoms with van der Waals surface area (Å²) in [6, 6.07) is 2.11. The molecule has 0 radical (unpaired) electrons. The molecule has 1 nitrogen and oxygen atoms in total. The van der Waals surface area contributed by atoms with Gasteiger partial charge in [0, 0.05) is 10.8 Å². The molecule has 0 aromatic heterocycles. The molecule has 0 N–H and O–H groups in total. The molecule has 1 atom stereocenters. The van der Waals surface area contributed by atoms with Gasteiger partial charge in [-0.05, 0) is 5.92 Å². The second-order valence-electron chi connectivity index (χ2n) is 1.62. The fourth-order valence-electron chi connectivity index (χ4n) is 0.210. The second-order valence-corrected chi connectivity index (χ2v) is 2.50. The Bertz CT molecular complexity index is 74.6. The zero-order valence-electron chi connectivity index (χ0n) is 4.32. The van der Waals surface area contributed by atoms with Crippen molar-refractivity contribution in [2.24, 2.45) is 5.92 Å². The summed E-state index contributed by atoms with van der Waals surface area (Å²) in [4.78, 5) is 0. The average molecular weight is 209 g/mol. The van der Waals surface area contributed by atoms with E-state index >= 15 is 0 Å². The summed E-state index contributed by atoms with van der Waals surface area (Å²) in [5, 5.41) is 8.11. The molecule has 0 fully saturated rings. The van der Waals surface area contributed by atoms with Gasteiger partial charge in [-0.3, -0.25) is 0 Å². The monoisotopic (exact) mass is 209 g/mol. The van der Waals surface area contributed by atoms with E-state index in [1.165, 1.54) is 0 Å². The number of nitriles is 1. The summed E-state index contributed by atoms with van der Waals surface area (Å²) in [6.07, 6.45) is 0.697. The lowest BCUT2D eigenvalue weighted by Gasteiger charge is -1.95. The van der Waals surface area contributed by atoms with E-state index in [9.17, 15) is 0 Å². The van der Waals surface area contributed by atoms with Crippen molar-refractivity contribution in [3.05, 3.63) is 0 Å². The van der Waals surface area contributed by atoms with E-state index < -0.39 is 0 Å². The molecule has 0 rings (SSSR count). The molecule has 40 valence electrons. The number of rotatable bonds is 2. The van der Waals surface area contributed by atoms with Crippen LogP contribution in [-0.4, -0.2) is 4.43 Å². The van der Waals surface area contributed by atoms with Gasteiger partial charge in [-0.25, -0.2) is 0 Å². The molecule has 0 bridgehead atoms. The fraction of sp³-hybridized carbons (Fsp3) is 0.800. The SMILES string of the molecule is CC(CI)CC#N. The highest BCUT2D eigenvalue weighted by atomic mass is 127. The molecular formula is C5H8IN. The van der Waals surface area contributed by atoms with Crippen molar-refractivity contribution in [2.45, 2.75) is 13.3 Å². The van der Waals surface area contributed by atoms with E-state index in [2.05, 4.69) is 35.6 Å². The van der Waals surface area contributed by atoms with E-state index in [-0.39, 0.29) is 0 Å². The van der Waals surface area contributed by atoms with Crippen LogP contribution >= 0.6 is 22.6 Å². The summed E-state index contributed by atoms with van der Waals surface area (Å²) in [7, 11) is 0. The first kappa shape index (κ1) is 7.22. The van der Waals surface area contributed by atoms with Crippen molar-refractivity contribution in [1.29, 1.82) is 5.26 Å². The molecule has 1 unspecified atom stereocenters. The Morgan fingerprint density at radius 1 is 1.86 bits per heavy atom. The van der Waals surface area contributed by atoms with Crippen LogP contribution in [0.4, 0.5) is 0 Å². The van der Waals surface area contributed by atoms with Crippen LogP contribution < -0.4 is 0 Å². The lowest BCUT2D eigenvalue weighted by Crippen LogP contribution is -1.91. The van der Waals surface area contributed by atoms with Gasteiger partial charge in [-0.15, -0.1) is 0 Å². The van der Waals surface area contributed by atoms with E-state index in [0.29, 0.717) is 12.3 Å². The van der Waals surface area contributed by atoms with Crippen LogP contribution in [0.5, 0.6) is 0 Å². The summed E-state index contributed by atoms with van der Waals surface area (Å²) >= 11 is 2.29. The van der Waals surface area contributed by atoms with Gasteiger partial charge in [0.1, 0.15) is 0 Å². The van der Waals surface area contributed by atoms with E-state index in [4.69, 9.17) is 5.26 Å². The third-order valence-corrected chi connectivity index (χ3v) is 2.21. The summed E-state index contributed by atoms with van der Waals surface area (Å²) in [5.74, 6) is 0.575. The number of alkyl halides is 1. The van der Waals surface area contributed by atoms with Gasteiger partial charge in [0.15, 0.2) is 0 Å². The van der Waals surface area contributed by atoms with Crippen molar-refractivity contribution in [3.63, 3.8) is 0 Å². The number of nitrogens with zero attached hydrogens (tertiary/aromatic N) is 1. The normalized spacial score (nSPS) is 12.7. The summed E-state index contributed by atoms with van der Waals surface area (Å²) in [6.45, 7) is 2.08. The maximum absolute atomic E-state index is 8.11. The van der Waals surface area contributed by atoms with Gasteiger partial charge < -0.3 is 0 Å². The van der Waals surface area contributed by atoms with Crippen LogP contribution in [0.25, 0.3) is 0 Å². The summed E-state index contributed by atoms with van der Waals surface area (Å²) < 4.78 is 1.09. The number of halogens is 1. The fourth-order valence-corrected chi connectivity index (χ4v) is 0.522. The number of hydrogen-bond acceptors (Lipinski definition) is 1. The topological polar surface area (TPSA) is 23.8 Å². The Labute approximate surface area is 57.9 Å². The third kappa shape index (κ3) is 4.07. The maximum Gasteiger partial charge on any atom is 0.0624 e. The van der Waals surface area contributed by atoms with Gasteiger partial charge in [-0.1, -0.05) is 29.5 Å². The van der Waals surface area contributed by atoms with Crippen molar-refractivity contribution in [1.82, 2.24) is 0 Å². The molecule has 7 heavy (non-hydrogen) atoms. The smallest absolute Gasteiger partial charge is 0.0624 e. The van der Waals surface area contributed by atoms with Crippen molar-refractivity contribution in [2.75, 3.05) is 4.43 Å². The highest BCUT2D eigenvalue weighted by Gasteiger charge is 1.94. The van der Waals surface area contributed by atoms with Crippen LogP contribution in [0.1, 0.15) is 13.3 Å². The van der Waals surface area contributed by atoms with Crippen molar-refractivity contribution in [3.8, 4) is 6.07 Å². The molecule has 0 saturated carbocycles. The Kier molecular flexibility index (Phi) is 4.52. The standard InChI is InChI=1S/C5H8IN/c1-5(4-6)2-3-7/h5H,2,4H2,1H3. The largest absolute Gasteiger partial charge is 0.198 e. The third-order valence-electron chi connectivity index (χ3n) is 0.703. The minimum absolute atomic E-state index is 0.575. The van der Waals surface area contributed by atoms with E-state index in [1.54, 1.807) is 0 Å². The Hall–Kier alpha value is 0.220. The molecular weight excluding hydrogens is 201 g/mol. The highest BCUT2D eigenvalue weighted by Crippen LogP contribution is 2.03. The minimum Gasteiger partial charge on any atom is -0.198 e. The number of hydrogen-bond donors (Lipinski definition) is 0. The predicted molar refractivity (Wildman–Crippen MR) is 38.3 cm³/mol. The molecule has 0 aliphatic rings. The molecule has 0 heterocycles. The molecule has 0 spiro atoms. The minimum atomic E-state index is 0.575. The first-order valence-electron chi connectivity index (χ1n) is 2.24. The molecule has 0 amide bonds. The van der Waals surface area contributed by atoms with Crippen LogP contribution in [0.15, 0.2) is 0 Å². The lowest BCUT2D eigenvalue weighted by atomic mass is 10.2. The van der Waals surface area contributed by atoms with Crippen LogP contribution in [0.2, 0.25) is 0 Å². The van der Waals surface area contributed by atoms with Crippen LogP contribution in [0.3, 0.4) is 0 Å². The summed E-state index contributed by atoms with van der Waals surface area (Å²) in [5.41, 5.74) is 0. The second kappa shape index (κ2) is 4.38. The zero-order chi connectivity index (χ0) is 5.70. The Morgan fingerprint density at radius 2 is 2.43 bits per heavy atom. The Balaban J connectivity index is 3.03. The lowest BCUT2D eigenvalue weighted by molar-refractivity contribution is 0.694. The molecule has 0 aromatic rings. The molecule has 0 aliphatic heterocycles. The highest BCUT2D eigenvalue weighted by molar-refractivity contribution is 14.1. The quantitative estimate of drug-likeness (QED) is 0.503. The first-order valence-corrected chi connectivity index (χ1v) is 3.76. The van der Waals surface area contributed by atoms with Gasteiger partial charge in [0.05, 0.1) is 6.07 Å². The average Bonchev–Trinajstić information content (AvgIpc) is 1.68. The van der Waals surface area contributed by atoms with E-state index in [0.717, 1.165) is 4.43 Å². The molecule has 2 heteroatoms. The molecule has 0 saturated heterocycles. The van der Waals surface area contributed by atoms with Crippen LogP contribution in [-0.2, 0) is 0 Å². The Morgan fingerprint density at radius 3 is 2.57 bits per heavy atom. The first-order chi connectivity index (χ1) is 3.31. The van der Waals surface area contributed by atoms with Crippen molar-refractivity contribution >= 4 is 22.6 Å². The zero-order valence-corrected chi connectivity index (χ0v) is 6.47. The van der Waals surface area contributed by atoms with E-state index in [1.807, 2.05) is 0 Å².